The number of unbranched alkanes of at least 4 members (excludes halogenated alkanes) is 1. The SMILES string of the molecule is Br.Br.Oc1ccc2c(NCCCCNCCc3ccccc3)cccc2c1O. The van der Waals surface area contributed by atoms with Crippen molar-refractivity contribution in [3.63, 3.8) is 0 Å². The van der Waals surface area contributed by atoms with Gasteiger partial charge in [0.05, 0.1) is 0 Å². The monoisotopic (exact) mass is 510 g/mol. The maximum Gasteiger partial charge on any atom is 0.165 e. The molecule has 0 amide bonds. The predicted molar refractivity (Wildman–Crippen MR) is 129 cm³/mol. The van der Waals surface area contributed by atoms with E-state index in [1.807, 2.05) is 30.3 Å². The maximum atomic E-state index is 9.97. The van der Waals surface area contributed by atoms with E-state index in [1.165, 1.54) is 11.6 Å². The van der Waals surface area contributed by atoms with E-state index in [0.717, 1.165) is 50.0 Å². The van der Waals surface area contributed by atoms with Gasteiger partial charge in [-0.25, -0.2) is 0 Å². The van der Waals surface area contributed by atoms with Gasteiger partial charge in [0.15, 0.2) is 11.5 Å². The van der Waals surface area contributed by atoms with Gasteiger partial charge in [-0.1, -0.05) is 42.5 Å². The Morgan fingerprint density at radius 3 is 2.21 bits per heavy atom. The molecule has 0 saturated heterocycles. The zero-order chi connectivity index (χ0) is 18.2. The molecule has 0 heterocycles. The normalized spacial score (nSPS) is 10.1. The summed E-state index contributed by atoms with van der Waals surface area (Å²) in [5, 5.41) is 28.1. The number of hydrogen-bond acceptors (Lipinski definition) is 4. The lowest BCUT2D eigenvalue weighted by Gasteiger charge is -2.11. The molecule has 152 valence electrons. The van der Waals surface area contributed by atoms with Gasteiger partial charge in [-0.3, -0.25) is 0 Å². The standard InChI is InChI=1S/C22H26N2O2.2BrH/c25-21-12-11-18-19(22(21)26)9-6-10-20(18)24-15-5-4-14-23-16-13-17-7-2-1-3-8-17;;/h1-3,6-12,23-26H,4-5,13-16H2;2*1H. The van der Waals surface area contributed by atoms with E-state index in [4.69, 9.17) is 0 Å². The number of halogens is 2. The van der Waals surface area contributed by atoms with Gasteiger partial charge < -0.3 is 20.8 Å². The first-order valence-electron chi connectivity index (χ1n) is 9.18. The van der Waals surface area contributed by atoms with Crippen molar-refractivity contribution in [2.75, 3.05) is 25.0 Å². The number of rotatable bonds is 9. The van der Waals surface area contributed by atoms with Gasteiger partial charge in [0.2, 0.25) is 0 Å². The Kier molecular flexibility index (Phi) is 11.0. The molecule has 0 aliphatic carbocycles. The number of anilines is 1. The van der Waals surface area contributed by atoms with Crippen LogP contribution in [0.2, 0.25) is 0 Å². The van der Waals surface area contributed by atoms with Gasteiger partial charge in [-0.2, -0.15) is 0 Å². The van der Waals surface area contributed by atoms with Crippen LogP contribution in [-0.2, 0) is 6.42 Å². The number of nitrogens with one attached hydrogen (secondary N) is 2. The fourth-order valence-corrected chi connectivity index (χ4v) is 3.09. The number of aromatic hydroxyl groups is 2. The molecule has 0 bridgehead atoms. The van der Waals surface area contributed by atoms with E-state index in [9.17, 15) is 10.2 Å². The molecule has 0 aromatic heterocycles. The number of benzene rings is 3. The first-order chi connectivity index (χ1) is 12.8. The van der Waals surface area contributed by atoms with Gasteiger partial charge in [-0.15, -0.1) is 34.0 Å². The van der Waals surface area contributed by atoms with Crippen LogP contribution in [0, 0.1) is 0 Å². The minimum Gasteiger partial charge on any atom is -0.504 e. The Hall–Kier alpha value is -1.76. The van der Waals surface area contributed by atoms with Crippen LogP contribution in [0.15, 0.2) is 60.7 Å². The molecule has 4 N–H and O–H groups in total. The Labute approximate surface area is 187 Å². The highest BCUT2D eigenvalue weighted by Crippen LogP contribution is 2.36. The van der Waals surface area contributed by atoms with E-state index >= 15 is 0 Å². The first kappa shape index (κ1) is 24.3. The minimum atomic E-state index is -0.0868. The predicted octanol–water partition coefficient (Wildman–Crippen LogP) is 5.43. The molecule has 0 spiro atoms. The lowest BCUT2D eigenvalue weighted by molar-refractivity contribution is 0.408. The molecule has 3 aromatic rings. The highest BCUT2D eigenvalue weighted by atomic mass is 79.9. The maximum absolute atomic E-state index is 9.97. The lowest BCUT2D eigenvalue weighted by Crippen LogP contribution is -2.19. The van der Waals surface area contributed by atoms with E-state index in [2.05, 4.69) is 34.9 Å². The molecule has 0 radical (unpaired) electrons. The lowest BCUT2D eigenvalue weighted by atomic mass is 10.1. The van der Waals surface area contributed by atoms with E-state index in [1.54, 1.807) is 0 Å². The van der Waals surface area contributed by atoms with Crippen LogP contribution < -0.4 is 10.6 Å². The number of phenols is 2. The Bertz CT molecular complexity index is 845. The van der Waals surface area contributed by atoms with Crippen molar-refractivity contribution in [1.29, 1.82) is 0 Å². The van der Waals surface area contributed by atoms with Crippen molar-refractivity contribution < 1.29 is 10.2 Å². The van der Waals surface area contributed by atoms with E-state index in [-0.39, 0.29) is 45.5 Å². The molecule has 0 saturated carbocycles. The van der Waals surface area contributed by atoms with E-state index in [0.29, 0.717) is 5.39 Å². The topological polar surface area (TPSA) is 64.5 Å². The van der Waals surface area contributed by atoms with Gasteiger partial charge in [0.1, 0.15) is 0 Å². The van der Waals surface area contributed by atoms with Crippen LogP contribution in [-0.4, -0.2) is 29.8 Å². The third-order valence-corrected chi connectivity index (χ3v) is 4.54. The van der Waals surface area contributed by atoms with Gasteiger partial charge in [0, 0.05) is 23.0 Å². The summed E-state index contributed by atoms with van der Waals surface area (Å²) in [7, 11) is 0. The Morgan fingerprint density at radius 2 is 1.43 bits per heavy atom. The molecule has 0 aliphatic heterocycles. The smallest absolute Gasteiger partial charge is 0.165 e. The summed E-state index contributed by atoms with van der Waals surface area (Å²) >= 11 is 0. The molecule has 28 heavy (non-hydrogen) atoms. The summed E-state index contributed by atoms with van der Waals surface area (Å²) in [6.45, 7) is 2.89. The third kappa shape index (κ3) is 6.69. The summed E-state index contributed by atoms with van der Waals surface area (Å²) in [5.74, 6) is -0.148. The zero-order valence-corrected chi connectivity index (χ0v) is 19.2. The van der Waals surface area contributed by atoms with Crippen LogP contribution in [0.25, 0.3) is 10.8 Å². The second kappa shape index (κ2) is 12.6. The highest BCUT2D eigenvalue weighted by Gasteiger charge is 2.07. The van der Waals surface area contributed by atoms with Crippen LogP contribution in [0.3, 0.4) is 0 Å². The molecule has 3 rings (SSSR count). The largest absolute Gasteiger partial charge is 0.504 e. The minimum absolute atomic E-state index is 0. The van der Waals surface area contributed by atoms with Gasteiger partial charge in [-0.05, 0) is 56.1 Å². The van der Waals surface area contributed by atoms with E-state index < -0.39 is 0 Å². The van der Waals surface area contributed by atoms with Gasteiger partial charge in [0.25, 0.3) is 0 Å². The van der Waals surface area contributed by atoms with Crippen LogP contribution in [0.5, 0.6) is 11.5 Å². The summed E-state index contributed by atoms with van der Waals surface area (Å²) < 4.78 is 0. The molecule has 4 nitrogen and oxygen atoms in total. The molecule has 0 aliphatic rings. The fraction of sp³-hybridized carbons (Fsp3) is 0.273. The Morgan fingerprint density at radius 1 is 0.679 bits per heavy atom. The second-order valence-corrected chi connectivity index (χ2v) is 6.45. The summed E-state index contributed by atoms with van der Waals surface area (Å²) in [6, 6.07) is 19.6. The van der Waals surface area contributed by atoms with Crippen molar-refractivity contribution in [1.82, 2.24) is 5.32 Å². The quantitative estimate of drug-likeness (QED) is 0.228. The molecule has 0 fully saturated rings. The third-order valence-electron chi connectivity index (χ3n) is 4.54. The van der Waals surface area contributed by atoms with Crippen molar-refractivity contribution in [2.45, 2.75) is 19.3 Å². The zero-order valence-electron chi connectivity index (χ0n) is 15.7. The number of hydrogen-bond donors (Lipinski definition) is 4. The van der Waals surface area contributed by atoms with Crippen LogP contribution in [0.4, 0.5) is 5.69 Å². The van der Waals surface area contributed by atoms with Crippen molar-refractivity contribution >= 4 is 50.4 Å². The van der Waals surface area contributed by atoms with Crippen molar-refractivity contribution in [2.24, 2.45) is 0 Å². The average Bonchev–Trinajstić information content (AvgIpc) is 2.68. The molecular formula is C22H28Br2N2O2. The number of fused-ring (bicyclic) bond motifs is 1. The number of phenolic OH excluding ortho intramolecular Hbond substituents is 2. The van der Waals surface area contributed by atoms with Crippen molar-refractivity contribution in [3.05, 3.63) is 66.2 Å². The average molecular weight is 512 g/mol. The summed E-state index contributed by atoms with van der Waals surface area (Å²) in [5.41, 5.74) is 2.35. The highest BCUT2D eigenvalue weighted by molar-refractivity contribution is 8.93. The fourth-order valence-electron chi connectivity index (χ4n) is 3.09. The van der Waals surface area contributed by atoms with Crippen molar-refractivity contribution in [3.8, 4) is 11.5 Å². The molecule has 6 heteroatoms. The van der Waals surface area contributed by atoms with Crippen LogP contribution in [0.1, 0.15) is 18.4 Å². The summed E-state index contributed by atoms with van der Waals surface area (Å²) in [4.78, 5) is 0. The van der Waals surface area contributed by atoms with Gasteiger partial charge >= 0.3 is 0 Å². The first-order valence-corrected chi connectivity index (χ1v) is 9.18. The molecule has 3 aromatic carbocycles. The second-order valence-electron chi connectivity index (χ2n) is 6.45. The molecular weight excluding hydrogens is 484 g/mol. The Balaban J connectivity index is 0.00000196. The molecule has 0 unspecified atom stereocenters. The summed E-state index contributed by atoms with van der Waals surface area (Å²) in [6.07, 6.45) is 3.24. The molecule has 0 atom stereocenters. The van der Waals surface area contributed by atoms with Crippen LogP contribution >= 0.6 is 34.0 Å².